The lowest BCUT2D eigenvalue weighted by Gasteiger charge is -2.06. The number of carbonyl (C=O) groups is 4. The average Bonchev–Trinajstić information content (AvgIpc) is 2.81. The van der Waals surface area contributed by atoms with Gasteiger partial charge in [-0.2, -0.15) is 0 Å². The summed E-state index contributed by atoms with van der Waals surface area (Å²) in [5.41, 5.74) is 0.626. The van der Waals surface area contributed by atoms with Crippen molar-refractivity contribution in [3.63, 3.8) is 0 Å². The van der Waals surface area contributed by atoms with Crippen molar-refractivity contribution in [1.82, 2.24) is 0 Å². The average molecular weight is 464 g/mol. The third-order valence-electron chi connectivity index (χ3n) is 3.54. The van der Waals surface area contributed by atoms with Gasteiger partial charge in [0.15, 0.2) is 0 Å². The van der Waals surface area contributed by atoms with Crippen molar-refractivity contribution in [1.29, 1.82) is 0 Å². The highest BCUT2D eigenvalue weighted by Gasteiger charge is 2.08. The summed E-state index contributed by atoms with van der Waals surface area (Å²) in [5.74, 6) is -0.669. The molecule has 2 aromatic carbocycles. The van der Waals surface area contributed by atoms with Gasteiger partial charge < -0.3 is 18.9 Å². The molecule has 0 atom stereocenters. The van der Waals surface area contributed by atoms with E-state index < -0.39 is 23.9 Å². The second-order valence-electron chi connectivity index (χ2n) is 6.53. The highest BCUT2D eigenvalue weighted by Crippen LogP contribution is 2.19. The van der Waals surface area contributed by atoms with E-state index in [1.165, 1.54) is 48.5 Å². The monoisotopic (exact) mass is 464 g/mol. The maximum Gasteiger partial charge on any atom is 0.338 e. The Morgan fingerprint density at radius 1 is 0.559 bits per heavy atom. The van der Waals surface area contributed by atoms with E-state index in [0.29, 0.717) is 34.1 Å². The maximum atomic E-state index is 11.2. The number of benzene rings is 2. The molecule has 0 unspecified atom stereocenters. The molecule has 0 aliphatic heterocycles. The van der Waals surface area contributed by atoms with E-state index in [9.17, 15) is 19.2 Å². The molecule has 0 spiro atoms. The molecule has 0 fully saturated rings. The van der Waals surface area contributed by atoms with Crippen LogP contribution in [0.2, 0.25) is 0 Å². The van der Waals surface area contributed by atoms with E-state index in [0.717, 1.165) is 12.2 Å². The summed E-state index contributed by atoms with van der Waals surface area (Å²) in [4.78, 5) is 44.2. The molecule has 0 aliphatic carbocycles. The third-order valence-corrected chi connectivity index (χ3v) is 3.54. The Balaban J connectivity index is 0.000000342. The molecule has 0 aromatic heterocycles. The van der Waals surface area contributed by atoms with E-state index in [2.05, 4.69) is 26.3 Å². The molecule has 0 N–H and O–H groups in total. The van der Waals surface area contributed by atoms with Gasteiger partial charge in [-0.1, -0.05) is 26.3 Å². The van der Waals surface area contributed by atoms with Crippen molar-refractivity contribution >= 4 is 23.9 Å². The molecule has 0 amide bonds. The minimum atomic E-state index is -0.546. The van der Waals surface area contributed by atoms with E-state index in [4.69, 9.17) is 18.9 Å². The zero-order chi connectivity index (χ0) is 25.7. The van der Waals surface area contributed by atoms with Crippen molar-refractivity contribution in [2.45, 2.75) is 13.8 Å². The smallest absolute Gasteiger partial charge is 0.338 e. The van der Waals surface area contributed by atoms with Gasteiger partial charge in [0, 0.05) is 23.3 Å². The first kappa shape index (κ1) is 27.3. The van der Waals surface area contributed by atoms with E-state index in [1.807, 2.05) is 0 Å². The maximum absolute atomic E-state index is 11.2. The highest BCUT2D eigenvalue weighted by molar-refractivity contribution is 5.89. The molecule has 8 heteroatoms. The fraction of sp³-hybridized carbons (Fsp3) is 0.0769. The first-order valence-electron chi connectivity index (χ1n) is 9.69. The van der Waals surface area contributed by atoms with Crippen molar-refractivity contribution < 1.29 is 38.1 Å². The molecule has 2 rings (SSSR count). The van der Waals surface area contributed by atoms with Gasteiger partial charge in [0.25, 0.3) is 0 Å². The molecule has 0 bridgehead atoms. The molecule has 0 heterocycles. The molecule has 0 saturated heterocycles. The van der Waals surface area contributed by atoms with E-state index in [1.54, 1.807) is 13.8 Å². The molecule has 8 nitrogen and oxygen atoms in total. The van der Waals surface area contributed by atoms with Gasteiger partial charge >= 0.3 is 23.9 Å². The van der Waals surface area contributed by atoms with Crippen LogP contribution in [0.15, 0.2) is 98.1 Å². The molecule has 0 aliphatic rings. The second kappa shape index (κ2) is 13.6. The summed E-state index contributed by atoms with van der Waals surface area (Å²) in [6, 6.07) is 12.1. The molecule has 0 saturated carbocycles. The first-order valence-corrected chi connectivity index (χ1v) is 9.69. The van der Waals surface area contributed by atoms with Crippen LogP contribution in [-0.4, -0.2) is 23.9 Å². The molecule has 2 aromatic rings. The van der Waals surface area contributed by atoms with Crippen LogP contribution in [0.4, 0.5) is 0 Å². The number of hydrogen-bond acceptors (Lipinski definition) is 8. The van der Waals surface area contributed by atoms with Gasteiger partial charge in [0.1, 0.15) is 23.0 Å². The van der Waals surface area contributed by atoms with Crippen molar-refractivity contribution in [3.05, 3.63) is 98.1 Å². The van der Waals surface area contributed by atoms with Gasteiger partial charge in [-0.05, 0) is 62.4 Å². The lowest BCUT2D eigenvalue weighted by atomic mass is 10.3. The van der Waals surface area contributed by atoms with Gasteiger partial charge in [0.05, 0.1) is 0 Å². The first-order chi connectivity index (χ1) is 16.0. The number of ether oxygens (including phenoxy) is 4. The van der Waals surface area contributed by atoms with E-state index in [-0.39, 0.29) is 0 Å². The molecular weight excluding hydrogens is 440 g/mol. The van der Waals surface area contributed by atoms with Crippen molar-refractivity contribution in [2.75, 3.05) is 0 Å². The second-order valence-corrected chi connectivity index (χ2v) is 6.53. The predicted octanol–water partition coefficient (Wildman–Crippen LogP) is 4.52. The summed E-state index contributed by atoms with van der Waals surface area (Å²) in [6.45, 7) is 16.6. The Kier molecular flexibility index (Phi) is 11.0. The Bertz CT molecular complexity index is 1000. The summed E-state index contributed by atoms with van der Waals surface area (Å²) < 4.78 is 19.6. The van der Waals surface area contributed by atoms with Crippen LogP contribution in [0.1, 0.15) is 13.8 Å². The zero-order valence-electron chi connectivity index (χ0n) is 18.9. The lowest BCUT2D eigenvalue weighted by molar-refractivity contribution is -0.131. The van der Waals surface area contributed by atoms with Crippen LogP contribution in [0.25, 0.3) is 0 Å². The Morgan fingerprint density at radius 3 is 1.00 bits per heavy atom. The Hall–Kier alpha value is -4.72. The molecule has 0 radical (unpaired) electrons. The summed E-state index contributed by atoms with van der Waals surface area (Å²) in [6.07, 6.45) is 2.12. The minimum Gasteiger partial charge on any atom is -0.423 e. The highest BCUT2D eigenvalue weighted by atomic mass is 16.5. The van der Waals surface area contributed by atoms with Gasteiger partial charge in [-0.25, -0.2) is 19.2 Å². The number of rotatable bonds is 8. The SMILES string of the molecule is C=C(C)C(=O)Oc1ccc(OC(=O)C(=C)C)cc1.C=CC(=O)Oc1ccc(OC(=O)C=C)cc1. The van der Waals surface area contributed by atoms with Gasteiger partial charge in [-0.15, -0.1) is 0 Å². The van der Waals surface area contributed by atoms with E-state index >= 15 is 0 Å². The van der Waals surface area contributed by atoms with Crippen LogP contribution in [-0.2, 0) is 19.2 Å². The quantitative estimate of drug-likeness (QED) is 0.319. The molecular formula is C26H24O8. The third kappa shape index (κ3) is 10.1. The molecule has 176 valence electrons. The van der Waals surface area contributed by atoms with Gasteiger partial charge in [0.2, 0.25) is 0 Å². The van der Waals surface area contributed by atoms with Crippen LogP contribution in [0.5, 0.6) is 23.0 Å². The fourth-order valence-corrected chi connectivity index (χ4v) is 1.86. The normalized spacial score (nSPS) is 9.24. The van der Waals surface area contributed by atoms with Crippen LogP contribution < -0.4 is 18.9 Å². The largest absolute Gasteiger partial charge is 0.423 e. The van der Waals surface area contributed by atoms with Crippen LogP contribution in [0.3, 0.4) is 0 Å². The lowest BCUT2D eigenvalue weighted by Crippen LogP contribution is -2.09. The van der Waals surface area contributed by atoms with Gasteiger partial charge in [-0.3, -0.25) is 0 Å². The zero-order valence-corrected chi connectivity index (χ0v) is 18.9. The standard InChI is InChI=1S/C14H14O4.C12H10O4/c1-9(2)13(15)17-11-5-7-12(8-6-11)18-14(16)10(3)4;1-3-11(13)15-9-5-7-10(8-6-9)16-12(14)4-2/h5-8H,1,3H2,2,4H3;3-8H,1-2H2. The minimum absolute atomic E-state index is 0.313. The topological polar surface area (TPSA) is 105 Å². The van der Waals surface area contributed by atoms with Crippen LogP contribution in [0, 0.1) is 0 Å². The van der Waals surface area contributed by atoms with Crippen LogP contribution >= 0.6 is 0 Å². The number of esters is 4. The molecule has 34 heavy (non-hydrogen) atoms. The Labute approximate surface area is 197 Å². The predicted molar refractivity (Wildman–Crippen MR) is 125 cm³/mol. The summed E-state index contributed by atoms with van der Waals surface area (Å²) >= 11 is 0. The summed E-state index contributed by atoms with van der Waals surface area (Å²) in [5, 5.41) is 0. The fourth-order valence-electron chi connectivity index (χ4n) is 1.86. The summed E-state index contributed by atoms with van der Waals surface area (Å²) in [7, 11) is 0. The number of hydrogen-bond donors (Lipinski definition) is 0. The van der Waals surface area contributed by atoms with Crippen molar-refractivity contribution in [3.8, 4) is 23.0 Å². The number of carbonyl (C=O) groups excluding carboxylic acids is 4. The van der Waals surface area contributed by atoms with Crippen molar-refractivity contribution in [2.24, 2.45) is 0 Å². The Morgan fingerprint density at radius 2 is 0.794 bits per heavy atom.